The molecule has 3 heterocycles. The maximum atomic E-state index is 5.83. The smallest absolute Gasteiger partial charge is 0.225 e. The highest BCUT2D eigenvalue weighted by molar-refractivity contribution is 5.30. The van der Waals surface area contributed by atoms with Crippen molar-refractivity contribution in [1.29, 1.82) is 0 Å². The van der Waals surface area contributed by atoms with Crippen molar-refractivity contribution in [3.8, 4) is 0 Å². The summed E-state index contributed by atoms with van der Waals surface area (Å²) >= 11 is 0. The molecule has 0 amide bonds. The molecule has 4 rings (SSSR count). The topological polar surface area (TPSA) is 41.5 Å². The van der Waals surface area contributed by atoms with Gasteiger partial charge >= 0.3 is 0 Å². The van der Waals surface area contributed by atoms with Crippen molar-refractivity contribution in [1.82, 2.24) is 14.9 Å². The van der Waals surface area contributed by atoms with Gasteiger partial charge in [0.05, 0.1) is 6.10 Å². The van der Waals surface area contributed by atoms with E-state index in [9.17, 15) is 0 Å². The van der Waals surface area contributed by atoms with E-state index < -0.39 is 0 Å². The van der Waals surface area contributed by atoms with E-state index in [1.54, 1.807) is 0 Å². The molecule has 2 saturated heterocycles. The number of nitrogens with zero attached hydrogens (tertiary/aromatic N) is 4. The summed E-state index contributed by atoms with van der Waals surface area (Å²) < 4.78 is 5.83. The maximum absolute atomic E-state index is 5.83. The van der Waals surface area contributed by atoms with Crippen molar-refractivity contribution in [3.05, 3.63) is 18.0 Å². The van der Waals surface area contributed by atoms with Gasteiger partial charge in [-0.2, -0.15) is 0 Å². The average Bonchev–Trinajstić information content (AvgIpc) is 3.05. The molecule has 3 aliphatic rings. The first kappa shape index (κ1) is 17.2. The van der Waals surface area contributed by atoms with Gasteiger partial charge in [-0.3, -0.25) is 4.90 Å². The summed E-state index contributed by atoms with van der Waals surface area (Å²) in [6.07, 6.45) is 14.9. The fourth-order valence-corrected chi connectivity index (χ4v) is 5.28. The minimum Gasteiger partial charge on any atom is -0.381 e. The van der Waals surface area contributed by atoms with E-state index in [1.165, 1.54) is 70.0 Å². The second-order valence-electron chi connectivity index (χ2n) is 8.23. The summed E-state index contributed by atoms with van der Waals surface area (Å²) in [5.74, 6) is 0.911. The monoisotopic (exact) mass is 344 g/mol. The van der Waals surface area contributed by atoms with Crippen molar-refractivity contribution in [3.63, 3.8) is 0 Å². The Labute approximate surface area is 151 Å². The molecule has 0 unspecified atom stereocenters. The third-order valence-electron chi connectivity index (χ3n) is 6.53. The fourth-order valence-electron chi connectivity index (χ4n) is 5.28. The molecule has 0 radical (unpaired) electrons. The van der Waals surface area contributed by atoms with E-state index in [0.29, 0.717) is 11.5 Å². The molecule has 1 aromatic heterocycles. The van der Waals surface area contributed by atoms with E-state index in [4.69, 9.17) is 4.74 Å². The van der Waals surface area contributed by atoms with Crippen LogP contribution in [0.3, 0.4) is 0 Å². The third kappa shape index (κ3) is 3.68. The average molecular weight is 345 g/mol. The van der Waals surface area contributed by atoms with Gasteiger partial charge in [-0.25, -0.2) is 9.97 Å². The van der Waals surface area contributed by atoms with E-state index in [2.05, 4.69) is 19.8 Å². The zero-order chi connectivity index (χ0) is 17.1. The Hall–Kier alpha value is -1.20. The molecular weight excluding hydrogens is 312 g/mol. The van der Waals surface area contributed by atoms with Crippen LogP contribution in [-0.4, -0.2) is 54.3 Å². The second kappa shape index (κ2) is 7.58. The van der Waals surface area contributed by atoms with Crippen LogP contribution >= 0.6 is 0 Å². The van der Waals surface area contributed by atoms with E-state index in [1.807, 2.05) is 19.5 Å². The Kier molecular flexibility index (Phi) is 5.23. The van der Waals surface area contributed by atoms with E-state index in [-0.39, 0.29) is 0 Å². The summed E-state index contributed by atoms with van der Waals surface area (Å²) in [6, 6.07) is 0. The standard InChI is InChI=1S/C20H32N4O/c1-25-18-7-5-8-20(18)9-6-10-23(16-20)15-17-13-21-19(22-14-17)24-11-3-2-4-12-24/h13-14,18H,2-12,15-16H2,1H3/t18-,20+/m1/s1. The number of likely N-dealkylation sites (tertiary alicyclic amines) is 1. The lowest BCUT2D eigenvalue weighted by molar-refractivity contribution is -0.0366. The van der Waals surface area contributed by atoms with Gasteiger partial charge in [0.25, 0.3) is 0 Å². The number of anilines is 1. The highest BCUT2D eigenvalue weighted by Gasteiger charge is 2.45. The molecule has 5 nitrogen and oxygen atoms in total. The van der Waals surface area contributed by atoms with Crippen LogP contribution in [-0.2, 0) is 11.3 Å². The van der Waals surface area contributed by atoms with Gasteiger partial charge in [-0.1, -0.05) is 6.42 Å². The third-order valence-corrected chi connectivity index (χ3v) is 6.53. The van der Waals surface area contributed by atoms with Gasteiger partial charge in [0.1, 0.15) is 0 Å². The number of hydrogen-bond acceptors (Lipinski definition) is 5. The summed E-state index contributed by atoms with van der Waals surface area (Å²) in [5, 5.41) is 0. The van der Waals surface area contributed by atoms with Gasteiger partial charge in [0, 0.05) is 56.7 Å². The minimum atomic E-state index is 0.390. The lowest BCUT2D eigenvalue weighted by Gasteiger charge is -2.43. The molecule has 25 heavy (non-hydrogen) atoms. The molecule has 1 saturated carbocycles. The quantitative estimate of drug-likeness (QED) is 0.839. The SMILES string of the molecule is CO[C@@H]1CCC[C@@]12CCCN(Cc1cnc(N3CCCCC3)nc1)C2. The second-order valence-corrected chi connectivity index (χ2v) is 8.23. The maximum Gasteiger partial charge on any atom is 0.225 e. The van der Waals surface area contributed by atoms with Crippen LogP contribution in [0.15, 0.2) is 12.4 Å². The minimum absolute atomic E-state index is 0.390. The molecule has 2 aliphatic heterocycles. The van der Waals surface area contributed by atoms with Crippen LogP contribution in [0.25, 0.3) is 0 Å². The Morgan fingerprint density at radius 1 is 1.04 bits per heavy atom. The lowest BCUT2D eigenvalue weighted by Crippen LogP contribution is -2.47. The molecule has 5 heteroatoms. The summed E-state index contributed by atoms with van der Waals surface area (Å²) in [6.45, 7) is 5.53. The van der Waals surface area contributed by atoms with Crippen molar-refractivity contribution >= 4 is 5.95 Å². The number of ether oxygens (including phenoxy) is 1. The van der Waals surface area contributed by atoms with E-state index >= 15 is 0 Å². The molecular formula is C20H32N4O. The molecule has 2 atom stereocenters. The van der Waals surface area contributed by atoms with Crippen LogP contribution in [0.1, 0.15) is 56.9 Å². The summed E-state index contributed by atoms with van der Waals surface area (Å²) in [4.78, 5) is 14.2. The number of aromatic nitrogens is 2. The predicted octanol–water partition coefficient (Wildman–Crippen LogP) is 3.25. The van der Waals surface area contributed by atoms with Crippen LogP contribution in [0.5, 0.6) is 0 Å². The van der Waals surface area contributed by atoms with Crippen molar-refractivity contribution in [2.24, 2.45) is 5.41 Å². The normalized spacial score (nSPS) is 30.9. The van der Waals surface area contributed by atoms with Crippen molar-refractivity contribution in [2.45, 2.75) is 64.0 Å². The molecule has 0 bridgehead atoms. The van der Waals surface area contributed by atoms with Crippen LogP contribution in [0, 0.1) is 5.41 Å². The zero-order valence-electron chi connectivity index (χ0n) is 15.6. The Morgan fingerprint density at radius 2 is 1.80 bits per heavy atom. The van der Waals surface area contributed by atoms with Gasteiger partial charge < -0.3 is 9.64 Å². The molecule has 3 fully saturated rings. The van der Waals surface area contributed by atoms with Gasteiger partial charge in [-0.15, -0.1) is 0 Å². The van der Waals surface area contributed by atoms with Gasteiger partial charge in [-0.05, 0) is 51.5 Å². The zero-order valence-corrected chi connectivity index (χ0v) is 15.6. The highest BCUT2D eigenvalue weighted by atomic mass is 16.5. The molecule has 1 aromatic rings. The number of methoxy groups -OCH3 is 1. The summed E-state index contributed by atoms with van der Waals surface area (Å²) in [5.41, 5.74) is 1.63. The first-order valence-corrected chi connectivity index (χ1v) is 10.1. The first-order valence-electron chi connectivity index (χ1n) is 10.1. The van der Waals surface area contributed by atoms with Gasteiger partial charge in [0.2, 0.25) is 5.95 Å². The van der Waals surface area contributed by atoms with Crippen LogP contribution in [0.2, 0.25) is 0 Å². The molecule has 1 spiro atoms. The van der Waals surface area contributed by atoms with E-state index in [0.717, 1.165) is 25.6 Å². The Bertz CT molecular complexity index is 557. The molecule has 0 aromatic carbocycles. The van der Waals surface area contributed by atoms with Crippen LogP contribution < -0.4 is 4.90 Å². The molecule has 138 valence electrons. The van der Waals surface area contributed by atoms with Crippen molar-refractivity contribution < 1.29 is 4.74 Å². The van der Waals surface area contributed by atoms with Gasteiger partial charge in [0.15, 0.2) is 0 Å². The first-order chi connectivity index (χ1) is 12.3. The Morgan fingerprint density at radius 3 is 2.56 bits per heavy atom. The fraction of sp³-hybridized carbons (Fsp3) is 0.800. The number of hydrogen-bond donors (Lipinski definition) is 0. The summed E-state index contributed by atoms with van der Waals surface area (Å²) in [7, 11) is 1.89. The van der Waals surface area contributed by atoms with Crippen LogP contribution in [0.4, 0.5) is 5.95 Å². The largest absolute Gasteiger partial charge is 0.381 e. The lowest BCUT2D eigenvalue weighted by atomic mass is 9.76. The Balaban J connectivity index is 1.38. The highest BCUT2D eigenvalue weighted by Crippen LogP contribution is 2.46. The molecule has 0 N–H and O–H groups in total. The molecule has 1 aliphatic carbocycles. The number of piperidine rings is 2. The van der Waals surface area contributed by atoms with Crippen molar-refractivity contribution in [2.75, 3.05) is 38.2 Å². The predicted molar refractivity (Wildman–Crippen MR) is 99.7 cm³/mol. The number of rotatable bonds is 4.